The van der Waals surface area contributed by atoms with Gasteiger partial charge in [0.1, 0.15) is 5.82 Å². The summed E-state index contributed by atoms with van der Waals surface area (Å²) in [6.45, 7) is 4.25. The van der Waals surface area contributed by atoms with E-state index in [9.17, 15) is 9.18 Å². The zero-order valence-electron chi connectivity index (χ0n) is 12.1. The van der Waals surface area contributed by atoms with Crippen molar-refractivity contribution in [3.05, 3.63) is 35.7 Å². The lowest BCUT2D eigenvalue weighted by molar-refractivity contribution is -0.131. The van der Waals surface area contributed by atoms with Gasteiger partial charge < -0.3 is 14.7 Å². The van der Waals surface area contributed by atoms with Crippen LogP contribution in [0.5, 0.6) is 0 Å². The maximum Gasteiger partial charge on any atom is 0.328 e. The number of carboxylic acid groups (broad SMARTS) is 1. The zero-order chi connectivity index (χ0) is 15.2. The fraction of sp³-hybridized carbons (Fsp3) is 0.438. The Kier molecular flexibility index (Phi) is 5.33. The van der Waals surface area contributed by atoms with E-state index in [1.807, 2.05) is 6.92 Å². The van der Waals surface area contributed by atoms with Crippen LogP contribution in [0.15, 0.2) is 24.3 Å². The second-order valence-electron chi connectivity index (χ2n) is 5.04. The third kappa shape index (κ3) is 4.29. The average Bonchev–Trinajstić information content (AvgIpc) is 2.46. The highest BCUT2D eigenvalue weighted by molar-refractivity contribution is 5.87. The molecule has 0 aliphatic carbocycles. The minimum absolute atomic E-state index is 0.171. The molecule has 1 aromatic rings. The van der Waals surface area contributed by atoms with Gasteiger partial charge in [0.25, 0.3) is 0 Å². The van der Waals surface area contributed by atoms with Gasteiger partial charge in [-0.1, -0.05) is 0 Å². The number of hydrogen-bond acceptors (Lipinski definition) is 3. The number of halogens is 1. The molecule has 1 aromatic carbocycles. The Balaban J connectivity index is 2.23. The van der Waals surface area contributed by atoms with E-state index >= 15 is 0 Å². The van der Waals surface area contributed by atoms with Crippen LogP contribution in [-0.4, -0.2) is 36.9 Å². The fourth-order valence-corrected chi connectivity index (χ4v) is 2.64. The van der Waals surface area contributed by atoms with Gasteiger partial charge in [-0.3, -0.25) is 0 Å². The predicted molar refractivity (Wildman–Crippen MR) is 79.9 cm³/mol. The van der Waals surface area contributed by atoms with Crippen molar-refractivity contribution in [3.8, 4) is 0 Å². The number of ether oxygens (including phenoxy) is 1. The van der Waals surface area contributed by atoms with Crippen LogP contribution >= 0.6 is 0 Å². The first-order valence-corrected chi connectivity index (χ1v) is 7.17. The maximum absolute atomic E-state index is 13.4. The molecule has 5 heteroatoms. The highest BCUT2D eigenvalue weighted by Gasteiger charge is 2.21. The van der Waals surface area contributed by atoms with Crippen molar-refractivity contribution in [3.63, 3.8) is 0 Å². The van der Waals surface area contributed by atoms with Crippen LogP contribution in [0, 0.1) is 5.82 Å². The van der Waals surface area contributed by atoms with E-state index < -0.39 is 5.97 Å². The smallest absolute Gasteiger partial charge is 0.328 e. The molecule has 0 saturated carbocycles. The molecular formula is C16H20FNO3. The normalized spacial score (nSPS) is 19.1. The largest absolute Gasteiger partial charge is 0.478 e. The minimum atomic E-state index is -1.05. The summed E-state index contributed by atoms with van der Waals surface area (Å²) in [4.78, 5) is 12.8. The van der Waals surface area contributed by atoms with Gasteiger partial charge in [0.15, 0.2) is 0 Å². The number of rotatable bonds is 5. The third-order valence-corrected chi connectivity index (χ3v) is 3.52. The van der Waals surface area contributed by atoms with Gasteiger partial charge in [-0.05, 0) is 44.0 Å². The number of piperidine rings is 1. The van der Waals surface area contributed by atoms with Crippen molar-refractivity contribution < 1.29 is 19.0 Å². The molecule has 0 radical (unpaired) electrons. The van der Waals surface area contributed by atoms with Gasteiger partial charge in [-0.2, -0.15) is 0 Å². The molecule has 1 heterocycles. The number of hydrogen-bond donors (Lipinski definition) is 1. The molecule has 1 aliphatic heterocycles. The molecular weight excluding hydrogens is 273 g/mol. The number of carbonyl (C=O) groups is 1. The van der Waals surface area contributed by atoms with E-state index in [4.69, 9.17) is 9.84 Å². The first-order chi connectivity index (χ1) is 10.1. The summed E-state index contributed by atoms with van der Waals surface area (Å²) in [5.74, 6) is -1.42. The Morgan fingerprint density at radius 3 is 3.10 bits per heavy atom. The maximum atomic E-state index is 13.4. The summed E-state index contributed by atoms with van der Waals surface area (Å²) in [7, 11) is 0. The SMILES string of the molecule is CCOC1CCCN(c2ccc(F)cc2C=CC(=O)O)C1. The van der Waals surface area contributed by atoms with Gasteiger partial charge in [-0.15, -0.1) is 0 Å². The van der Waals surface area contributed by atoms with Crippen LogP contribution in [0.4, 0.5) is 10.1 Å². The van der Waals surface area contributed by atoms with Crippen LogP contribution < -0.4 is 4.90 Å². The first kappa shape index (κ1) is 15.5. The molecule has 1 unspecified atom stereocenters. The standard InChI is InChI=1S/C16H20FNO3/c1-2-21-14-4-3-9-18(11-14)15-7-6-13(17)10-12(15)5-8-16(19)20/h5-8,10,14H,2-4,9,11H2,1H3,(H,19,20). The molecule has 2 rings (SSSR count). The highest BCUT2D eigenvalue weighted by atomic mass is 19.1. The molecule has 0 aromatic heterocycles. The number of aliphatic carboxylic acids is 1. The van der Waals surface area contributed by atoms with E-state index in [0.717, 1.165) is 37.7 Å². The van der Waals surface area contributed by atoms with E-state index in [2.05, 4.69) is 4.90 Å². The molecule has 0 bridgehead atoms. The van der Waals surface area contributed by atoms with E-state index in [0.29, 0.717) is 12.2 Å². The molecule has 21 heavy (non-hydrogen) atoms. The molecule has 1 N–H and O–H groups in total. The molecule has 1 atom stereocenters. The minimum Gasteiger partial charge on any atom is -0.478 e. The summed E-state index contributed by atoms with van der Waals surface area (Å²) in [6, 6.07) is 4.46. The molecule has 0 amide bonds. The van der Waals surface area contributed by atoms with Crippen molar-refractivity contribution in [1.29, 1.82) is 0 Å². The monoisotopic (exact) mass is 293 g/mol. The van der Waals surface area contributed by atoms with Crippen LogP contribution in [0.1, 0.15) is 25.3 Å². The molecule has 114 valence electrons. The molecule has 1 aliphatic rings. The number of nitrogens with zero attached hydrogens (tertiary/aromatic N) is 1. The van der Waals surface area contributed by atoms with Crippen molar-refractivity contribution in [2.75, 3.05) is 24.6 Å². The second kappa shape index (κ2) is 7.22. The van der Waals surface area contributed by atoms with E-state index in [1.54, 1.807) is 6.07 Å². The van der Waals surface area contributed by atoms with Gasteiger partial charge >= 0.3 is 5.97 Å². The number of anilines is 1. The first-order valence-electron chi connectivity index (χ1n) is 7.17. The van der Waals surface area contributed by atoms with Crippen LogP contribution in [0.2, 0.25) is 0 Å². The fourth-order valence-electron chi connectivity index (χ4n) is 2.64. The second-order valence-corrected chi connectivity index (χ2v) is 5.04. The van der Waals surface area contributed by atoms with Crippen molar-refractivity contribution in [2.24, 2.45) is 0 Å². The molecule has 0 spiro atoms. The Morgan fingerprint density at radius 1 is 1.57 bits per heavy atom. The molecule has 1 saturated heterocycles. The van der Waals surface area contributed by atoms with Gasteiger partial charge in [-0.25, -0.2) is 9.18 Å². The van der Waals surface area contributed by atoms with Gasteiger partial charge in [0.2, 0.25) is 0 Å². The quantitative estimate of drug-likeness (QED) is 0.848. The van der Waals surface area contributed by atoms with Crippen molar-refractivity contribution >= 4 is 17.7 Å². The Bertz CT molecular complexity index is 528. The summed E-state index contributed by atoms with van der Waals surface area (Å²) >= 11 is 0. The summed E-state index contributed by atoms with van der Waals surface area (Å²) < 4.78 is 19.1. The lowest BCUT2D eigenvalue weighted by Gasteiger charge is -2.35. The molecule has 1 fully saturated rings. The summed E-state index contributed by atoms with van der Waals surface area (Å²) in [6.07, 6.45) is 4.66. The Hall–Kier alpha value is -1.88. The van der Waals surface area contributed by atoms with Crippen LogP contribution in [0.3, 0.4) is 0 Å². The lowest BCUT2D eigenvalue weighted by Crippen LogP contribution is -2.40. The number of carboxylic acids is 1. The third-order valence-electron chi connectivity index (χ3n) is 3.52. The Morgan fingerprint density at radius 2 is 2.38 bits per heavy atom. The van der Waals surface area contributed by atoms with Gasteiger partial charge in [0.05, 0.1) is 6.10 Å². The summed E-state index contributed by atoms with van der Waals surface area (Å²) in [5.41, 5.74) is 1.42. The highest BCUT2D eigenvalue weighted by Crippen LogP contribution is 2.27. The van der Waals surface area contributed by atoms with Crippen molar-refractivity contribution in [1.82, 2.24) is 0 Å². The van der Waals surface area contributed by atoms with Gasteiger partial charge in [0, 0.05) is 37.0 Å². The molecule has 4 nitrogen and oxygen atoms in total. The number of benzene rings is 1. The summed E-state index contributed by atoms with van der Waals surface area (Å²) in [5, 5.41) is 8.74. The predicted octanol–water partition coefficient (Wildman–Crippen LogP) is 2.93. The van der Waals surface area contributed by atoms with Crippen LogP contribution in [-0.2, 0) is 9.53 Å². The lowest BCUT2D eigenvalue weighted by atomic mass is 10.0. The topological polar surface area (TPSA) is 49.8 Å². The van der Waals surface area contributed by atoms with Crippen LogP contribution in [0.25, 0.3) is 6.08 Å². The van der Waals surface area contributed by atoms with E-state index in [-0.39, 0.29) is 11.9 Å². The van der Waals surface area contributed by atoms with E-state index in [1.165, 1.54) is 18.2 Å². The average molecular weight is 293 g/mol. The van der Waals surface area contributed by atoms with Crippen molar-refractivity contribution in [2.45, 2.75) is 25.9 Å². The Labute approximate surface area is 123 Å². The zero-order valence-corrected chi connectivity index (χ0v) is 12.1.